The van der Waals surface area contributed by atoms with Gasteiger partial charge in [-0.3, -0.25) is 9.55 Å². The van der Waals surface area contributed by atoms with Crippen LogP contribution in [0.15, 0.2) is 122 Å². The second-order valence-electron chi connectivity index (χ2n) is 9.39. The Bertz CT molecular complexity index is 2050. The minimum absolute atomic E-state index is 0.803. The third kappa shape index (κ3) is 3.06. The SMILES string of the molecule is c1cncc(-c2nc3ccccc3nc2-n2c3cc4ccccc4cc3c3cc4ccccc4cc32)c1. The van der Waals surface area contributed by atoms with E-state index in [1.165, 1.54) is 32.3 Å². The lowest BCUT2D eigenvalue weighted by molar-refractivity contribution is 1.08. The molecule has 4 nitrogen and oxygen atoms in total. The Morgan fingerprint density at radius 1 is 0.514 bits per heavy atom. The average molecular weight is 473 g/mol. The van der Waals surface area contributed by atoms with Crippen molar-refractivity contribution in [1.29, 1.82) is 0 Å². The maximum absolute atomic E-state index is 5.23. The Morgan fingerprint density at radius 2 is 1.05 bits per heavy atom. The summed E-state index contributed by atoms with van der Waals surface area (Å²) in [6.45, 7) is 0. The zero-order chi connectivity index (χ0) is 24.3. The predicted molar refractivity (Wildman–Crippen MR) is 152 cm³/mol. The summed E-state index contributed by atoms with van der Waals surface area (Å²) in [5.41, 5.74) is 5.69. The van der Waals surface area contributed by atoms with Crippen molar-refractivity contribution >= 4 is 54.4 Å². The van der Waals surface area contributed by atoms with Gasteiger partial charge in [-0.15, -0.1) is 0 Å². The zero-order valence-electron chi connectivity index (χ0n) is 19.8. The number of rotatable bonds is 2. The third-order valence-corrected chi connectivity index (χ3v) is 7.20. The molecule has 3 heterocycles. The molecule has 0 aliphatic rings. The lowest BCUT2D eigenvalue weighted by atomic mass is 10.0. The highest BCUT2D eigenvalue weighted by Gasteiger charge is 2.20. The lowest BCUT2D eigenvalue weighted by Gasteiger charge is -2.14. The number of hydrogen-bond donors (Lipinski definition) is 0. The number of fused-ring (bicyclic) bond motifs is 6. The van der Waals surface area contributed by atoms with E-state index < -0.39 is 0 Å². The summed E-state index contributed by atoms with van der Waals surface area (Å²) in [5, 5.41) is 7.23. The monoisotopic (exact) mass is 472 g/mol. The molecule has 8 rings (SSSR count). The summed E-state index contributed by atoms with van der Waals surface area (Å²) >= 11 is 0. The largest absolute Gasteiger partial charge is 0.292 e. The number of para-hydroxylation sites is 2. The fraction of sp³-hybridized carbons (Fsp3) is 0. The highest BCUT2D eigenvalue weighted by atomic mass is 15.1. The molecule has 0 aliphatic heterocycles. The second-order valence-corrected chi connectivity index (χ2v) is 9.39. The van der Waals surface area contributed by atoms with E-state index in [4.69, 9.17) is 9.97 Å². The van der Waals surface area contributed by atoms with E-state index in [-0.39, 0.29) is 0 Å². The summed E-state index contributed by atoms with van der Waals surface area (Å²) in [6.07, 6.45) is 3.65. The van der Waals surface area contributed by atoms with Crippen molar-refractivity contribution in [3.8, 4) is 17.1 Å². The van der Waals surface area contributed by atoms with Crippen molar-refractivity contribution in [2.45, 2.75) is 0 Å². The first-order valence-electron chi connectivity index (χ1n) is 12.4. The van der Waals surface area contributed by atoms with Gasteiger partial charge in [-0.25, -0.2) is 9.97 Å². The first kappa shape index (κ1) is 20.1. The summed E-state index contributed by atoms with van der Waals surface area (Å²) in [6, 6.07) is 38.3. The van der Waals surface area contributed by atoms with Crippen LogP contribution in [-0.2, 0) is 0 Å². The van der Waals surface area contributed by atoms with E-state index in [1.54, 1.807) is 6.20 Å². The van der Waals surface area contributed by atoms with Crippen molar-refractivity contribution in [3.05, 3.63) is 122 Å². The molecule has 0 unspecified atom stereocenters. The number of pyridine rings is 1. The lowest BCUT2D eigenvalue weighted by Crippen LogP contribution is -2.03. The van der Waals surface area contributed by atoms with Gasteiger partial charge in [-0.1, -0.05) is 60.7 Å². The van der Waals surface area contributed by atoms with Crippen LogP contribution in [0, 0.1) is 0 Å². The molecular formula is C33H20N4. The van der Waals surface area contributed by atoms with Gasteiger partial charge in [0, 0.05) is 28.7 Å². The van der Waals surface area contributed by atoms with Gasteiger partial charge in [-0.2, -0.15) is 0 Å². The Hall–Kier alpha value is -5.09. The summed E-state index contributed by atoms with van der Waals surface area (Å²) in [4.78, 5) is 14.7. The molecule has 172 valence electrons. The van der Waals surface area contributed by atoms with E-state index in [2.05, 4.69) is 82.3 Å². The normalized spacial score (nSPS) is 11.8. The molecule has 0 fully saturated rings. The molecule has 3 aromatic heterocycles. The molecule has 4 heteroatoms. The van der Waals surface area contributed by atoms with Gasteiger partial charge in [0.05, 0.1) is 22.1 Å². The number of hydrogen-bond acceptors (Lipinski definition) is 3. The minimum atomic E-state index is 0.803. The van der Waals surface area contributed by atoms with E-state index >= 15 is 0 Å². The fourth-order valence-corrected chi connectivity index (χ4v) is 5.46. The molecule has 8 aromatic rings. The highest BCUT2D eigenvalue weighted by molar-refractivity contribution is 6.17. The first-order chi connectivity index (χ1) is 18.3. The molecule has 0 amide bonds. The van der Waals surface area contributed by atoms with E-state index in [9.17, 15) is 0 Å². The van der Waals surface area contributed by atoms with Gasteiger partial charge in [-0.05, 0) is 70.1 Å². The Kier molecular flexibility index (Phi) is 4.19. The summed E-state index contributed by atoms with van der Waals surface area (Å²) < 4.78 is 2.28. The standard InChI is InChI=1S/C33H20N4/c1-3-10-23-18-30-26(16-21(23)8-1)27-17-22-9-2-4-11-24(22)19-31(27)37(30)33-32(25-12-7-15-34-20-25)35-28-13-5-6-14-29(28)36-33/h1-20H. The van der Waals surface area contributed by atoms with Crippen molar-refractivity contribution in [3.63, 3.8) is 0 Å². The van der Waals surface area contributed by atoms with Gasteiger partial charge < -0.3 is 0 Å². The first-order valence-corrected chi connectivity index (χ1v) is 12.4. The van der Waals surface area contributed by atoms with E-state index in [0.717, 1.165) is 39.1 Å². The van der Waals surface area contributed by atoms with Crippen LogP contribution in [0.5, 0.6) is 0 Å². The van der Waals surface area contributed by atoms with Gasteiger partial charge in [0.25, 0.3) is 0 Å². The van der Waals surface area contributed by atoms with Crippen LogP contribution in [0.1, 0.15) is 0 Å². The molecule has 0 N–H and O–H groups in total. The quantitative estimate of drug-likeness (QED) is 0.255. The Labute approximate surface area is 212 Å². The van der Waals surface area contributed by atoms with Crippen molar-refractivity contribution in [2.75, 3.05) is 0 Å². The number of benzene rings is 5. The van der Waals surface area contributed by atoms with Crippen molar-refractivity contribution < 1.29 is 0 Å². The summed E-state index contributed by atoms with van der Waals surface area (Å²) in [7, 11) is 0. The van der Waals surface area contributed by atoms with Crippen molar-refractivity contribution in [2.24, 2.45) is 0 Å². The molecule has 0 spiro atoms. The highest BCUT2D eigenvalue weighted by Crippen LogP contribution is 2.38. The Morgan fingerprint density at radius 3 is 1.62 bits per heavy atom. The smallest absolute Gasteiger partial charge is 0.165 e. The zero-order valence-corrected chi connectivity index (χ0v) is 19.8. The number of aromatic nitrogens is 4. The molecule has 0 bridgehead atoms. The Balaban J connectivity index is 1.60. The maximum Gasteiger partial charge on any atom is 0.165 e. The summed E-state index contributed by atoms with van der Waals surface area (Å²) in [5.74, 6) is 0.803. The molecule has 0 atom stereocenters. The van der Waals surface area contributed by atoms with Crippen LogP contribution in [0.25, 0.3) is 71.5 Å². The molecule has 0 saturated carbocycles. The van der Waals surface area contributed by atoms with Crippen LogP contribution in [0.2, 0.25) is 0 Å². The third-order valence-electron chi connectivity index (χ3n) is 7.20. The van der Waals surface area contributed by atoms with Gasteiger partial charge >= 0.3 is 0 Å². The average Bonchev–Trinajstić information content (AvgIpc) is 3.26. The van der Waals surface area contributed by atoms with Crippen LogP contribution >= 0.6 is 0 Å². The van der Waals surface area contributed by atoms with E-state index in [1.807, 2.05) is 42.6 Å². The molecular weight excluding hydrogens is 452 g/mol. The van der Waals surface area contributed by atoms with Gasteiger partial charge in [0.15, 0.2) is 5.82 Å². The van der Waals surface area contributed by atoms with Gasteiger partial charge in [0.2, 0.25) is 0 Å². The topological polar surface area (TPSA) is 43.6 Å². The molecule has 0 saturated heterocycles. The fourth-order valence-electron chi connectivity index (χ4n) is 5.46. The van der Waals surface area contributed by atoms with Crippen molar-refractivity contribution in [1.82, 2.24) is 19.5 Å². The molecule has 0 aliphatic carbocycles. The minimum Gasteiger partial charge on any atom is -0.292 e. The maximum atomic E-state index is 5.23. The van der Waals surface area contributed by atoms with Gasteiger partial charge in [0.1, 0.15) is 5.69 Å². The van der Waals surface area contributed by atoms with Crippen LogP contribution in [-0.4, -0.2) is 19.5 Å². The van der Waals surface area contributed by atoms with E-state index in [0.29, 0.717) is 0 Å². The second kappa shape index (κ2) is 7.70. The predicted octanol–water partition coefficient (Wildman–Crippen LogP) is 8.10. The van der Waals surface area contributed by atoms with Crippen LogP contribution in [0.3, 0.4) is 0 Å². The van der Waals surface area contributed by atoms with Crippen LogP contribution in [0.4, 0.5) is 0 Å². The molecule has 5 aromatic carbocycles. The molecule has 37 heavy (non-hydrogen) atoms. The molecule has 0 radical (unpaired) electrons. The number of nitrogens with zero attached hydrogens (tertiary/aromatic N) is 4. The van der Waals surface area contributed by atoms with Crippen LogP contribution < -0.4 is 0 Å².